The van der Waals surface area contributed by atoms with Gasteiger partial charge in [0.2, 0.25) is 0 Å². The van der Waals surface area contributed by atoms with Crippen molar-refractivity contribution in [2.75, 3.05) is 0 Å². The van der Waals surface area contributed by atoms with Crippen molar-refractivity contribution < 1.29 is 11.0 Å². The highest BCUT2D eigenvalue weighted by Gasteiger charge is 2.17. The Balaban J connectivity index is 0.955. The summed E-state index contributed by atoms with van der Waals surface area (Å²) in [6.07, 6.45) is -0.963. The van der Waals surface area contributed by atoms with Crippen molar-refractivity contribution >= 4 is 76.2 Å². The Hall–Kier alpha value is -9.12. The SMILES string of the molecule is [2H]c1nc2c(nc1[2H])c1c([2H])c([2H])c(-c3cccc(-c4cccc(-n5c6ccccc6c6ccccc65)c4)c3)c([2H])c1c1c([2H])c(-c3cccc(-c4cccc(-n5c6ccccc6c6ccccc65)c4)c3)c([2H])c([2H])c21. The monoisotopic (exact) mass is 872 g/mol. The number of hydrogen-bond donors (Lipinski definition) is 0. The summed E-state index contributed by atoms with van der Waals surface area (Å²) in [5.74, 6) is 0. The van der Waals surface area contributed by atoms with Gasteiger partial charge in [-0.3, -0.25) is 9.97 Å². The van der Waals surface area contributed by atoms with E-state index in [0.29, 0.717) is 11.1 Å². The molecule has 0 saturated carbocycles. The third-order valence-electron chi connectivity index (χ3n) is 13.3. The number of nitrogens with zero attached hydrogens (tertiary/aromatic N) is 4. The zero-order valence-electron chi connectivity index (χ0n) is 44.3. The van der Waals surface area contributed by atoms with E-state index in [4.69, 9.17) is 2.74 Å². The van der Waals surface area contributed by atoms with E-state index in [1.165, 1.54) is 0 Å². The van der Waals surface area contributed by atoms with Crippen LogP contribution in [0, 0.1) is 0 Å². The molecule has 0 aliphatic carbocycles. The summed E-state index contributed by atoms with van der Waals surface area (Å²) in [4.78, 5) is 8.85. The molecule has 0 N–H and O–H groups in total. The van der Waals surface area contributed by atoms with Gasteiger partial charge in [-0.15, -0.1) is 0 Å². The molecule has 0 saturated heterocycles. The Morgan fingerprint density at radius 1 is 0.279 bits per heavy atom. The van der Waals surface area contributed by atoms with Gasteiger partial charge in [-0.2, -0.15) is 0 Å². The lowest BCUT2D eigenvalue weighted by Crippen LogP contribution is -1.94. The minimum Gasteiger partial charge on any atom is -0.309 e. The summed E-state index contributed by atoms with van der Waals surface area (Å²) in [6, 6.07) is 63.4. The molecule has 316 valence electrons. The van der Waals surface area contributed by atoms with E-state index >= 15 is 0 Å². The number of rotatable bonds is 6. The van der Waals surface area contributed by atoms with Crippen LogP contribution in [0.15, 0.2) is 243 Å². The smallest absolute Gasteiger partial charge is 0.0971 e. The van der Waals surface area contributed by atoms with Crippen LogP contribution in [0.5, 0.6) is 0 Å². The molecule has 4 nitrogen and oxygen atoms in total. The maximum atomic E-state index is 10.1. The van der Waals surface area contributed by atoms with Gasteiger partial charge in [0.05, 0.1) is 44.1 Å². The summed E-state index contributed by atoms with van der Waals surface area (Å²) in [7, 11) is 0. The summed E-state index contributed by atoms with van der Waals surface area (Å²) in [5, 5.41) is 4.79. The van der Waals surface area contributed by atoms with Crippen LogP contribution in [-0.2, 0) is 0 Å². The highest BCUT2D eigenvalue weighted by Crippen LogP contribution is 2.40. The van der Waals surface area contributed by atoms with Crippen LogP contribution >= 0.6 is 0 Å². The first kappa shape index (κ1) is 30.9. The van der Waals surface area contributed by atoms with E-state index in [0.717, 1.165) is 77.2 Å². The van der Waals surface area contributed by atoms with Crippen molar-refractivity contribution in [1.29, 1.82) is 0 Å². The molecule has 14 rings (SSSR count). The minimum absolute atomic E-state index is 0.0180. The van der Waals surface area contributed by atoms with Crippen LogP contribution in [0.3, 0.4) is 0 Å². The molecule has 0 aliphatic rings. The molecule has 14 aromatic rings. The number of benzene rings is 11. The Kier molecular flexibility index (Phi) is 6.92. The summed E-state index contributed by atoms with van der Waals surface area (Å²) in [5.41, 5.74) is 10.9. The van der Waals surface area contributed by atoms with Gasteiger partial charge in [0, 0.05) is 56.0 Å². The quantitative estimate of drug-likeness (QED) is 0.156. The summed E-state index contributed by atoms with van der Waals surface area (Å²) in [6.45, 7) is 0. The molecule has 0 unspecified atom stereocenters. The van der Waals surface area contributed by atoms with Crippen LogP contribution in [-0.4, -0.2) is 19.1 Å². The van der Waals surface area contributed by atoms with Crippen LogP contribution in [0.1, 0.15) is 11.0 Å². The van der Waals surface area contributed by atoms with Crippen molar-refractivity contribution in [2.45, 2.75) is 0 Å². The molecule has 0 fully saturated rings. The molecule has 68 heavy (non-hydrogen) atoms. The first-order valence-corrected chi connectivity index (χ1v) is 22.6. The second-order valence-corrected chi connectivity index (χ2v) is 17.1. The normalized spacial score (nSPS) is 13.5. The second kappa shape index (κ2) is 15.2. The second-order valence-electron chi connectivity index (χ2n) is 17.1. The lowest BCUT2D eigenvalue weighted by atomic mass is 9.92. The first-order valence-electron chi connectivity index (χ1n) is 26.6. The van der Waals surface area contributed by atoms with Gasteiger partial charge in [-0.05, 0) is 128 Å². The number of para-hydroxylation sites is 4. The number of fused-ring (bicyclic) bond motifs is 12. The van der Waals surface area contributed by atoms with E-state index in [1.54, 1.807) is 12.1 Å². The van der Waals surface area contributed by atoms with Crippen LogP contribution < -0.4 is 0 Å². The van der Waals surface area contributed by atoms with Crippen LogP contribution in [0.4, 0.5) is 0 Å². The highest BCUT2D eigenvalue weighted by atomic mass is 15.0. The third-order valence-corrected chi connectivity index (χ3v) is 13.3. The predicted octanol–water partition coefficient (Wildman–Crippen LogP) is 16.8. The maximum absolute atomic E-state index is 10.1. The fourth-order valence-electron chi connectivity index (χ4n) is 10.2. The molecule has 0 atom stereocenters. The zero-order chi connectivity index (χ0) is 51.7. The average molecular weight is 873 g/mol. The largest absolute Gasteiger partial charge is 0.309 e. The van der Waals surface area contributed by atoms with Gasteiger partial charge in [0.15, 0.2) is 0 Å². The van der Waals surface area contributed by atoms with Gasteiger partial charge in [-0.25, -0.2) is 0 Å². The topological polar surface area (TPSA) is 35.6 Å². The fraction of sp³-hybridized carbons (Fsp3) is 0. The molecule has 11 aromatic carbocycles. The van der Waals surface area contributed by atoms with E-state index in [2.05, 4.69) is 91.9 Å². The van der Waals surface area contributed by atoms with E-state index < -0.39 is 12.3 Å². The van der Waals surface area contributed by atoms with Crippen molar-refractivity contribution in [2.24, 2.45) is 0 Å². The molecule has 0 radical (unpaired) electrons. The minimum atomic E-state index is -0.482. The van der Waals surface area contributed by atoms with Crippen molar-refractivity contribution in [3.63, 3.8) is 0 Å². The van der Waals surface area contributed by atoms with Gasteiger partial charge >= 0.3 is 0 Å². The lowest BCUT2D eigenvalue weighted by Gasteiger charge is -2.14. The molecular formula is C64H40N4. The van der Waals surface area contributed by atoms with Crippen molar-refractivity contribution in [1.82, 2.24) is 19.1 Å². The molecule has 3 heterocycles. The van der Waals surface area contributed by atoms with Crippen molar-refractivity contribution in [3.8, 4) is 55.9 Å². The predicted molar refractivity (Wildman–Crippen MR) is 285 cm³/mol. The van der Waals surface area contributed by atoms with E-state index in [-0.39, 0.29) is 80.0 Å². The molecule has 0 amide bonds. The van der Waals surface area contributed by atoms with Gasteiger partial charge in [0.25, 0.3) is 0 Å². The Morgan fingerprint density at radius 3 is 0.985 bits per heavy atom. The van der Waals surface area contributed by atoms with Gasteiger partial charge in [-0.1, -0.05) is 158 Å². The first-order chi connectivity index (χ1) is 37.0. The average Bonchev–Trinajstić information content (AvgIpc) is 3.99. The van der Waals surface area contributed by atoms with Crippen molar-refractivity contribution in [3.05, 3.63) is 243 Å². The summed E-state index contributed by atoms with van der Waals surface area (Å²) < 4.78 is 80.4. The number of aromatic nitrogens is 4. The molecule has 0 spiro atoms. The van der Waals surface area contributed by atoms with E-state index in [1.807, 2.05) is 109 Å². The molecule has 4 heteroatoms. The van der Waals surface area contributed by atoms with Crippen LogP contribution in [0.25, 0.3) is 132 Å². The zero-order valence-corrected chi connectivity index (χ0v) is 36.3. The highest BCUT2D eigenvalue weighted by molar-refractivity contribution is 6.24. The standard InChI is InChI=1S/C64H40N4/c1-5-25-59-51(21-1)52-22-2-6-26-60(52)67(59)49-19-11-17-45(37-49)41-13-9-15-43(35-41)47-29-31-55-57(39-47)58-40-48(30-32-56(58)64-63(55)65-33-34-66-64)44-16-10-14-42(36-44)46-18-12-20-50(38-46)68-61-27-7-3-23-53(61)54-24-4-8-28-62(54)68/h1-40H/i29D,30D,31D,32D,33D,34D,39D,40D. The Labute approximate surface area is 403 Å². The Bertz CT molecular complexity index is 4420. The van der Waals surface area contributed by atoms with Gasteiger partial charge in [0.1, 0.15) is 0 Å². The maximum Gasteiger partial charge on any atom is 0.0971 e. The molecule has 0 bridgehead atoms. The van der Waals surface area contributed by atoms with E-state index in [9.17, 15) is 8.22 Å². The number of hydrogen-bond acceptors (Lipinski definition) is 2. The molecule has 3 aromatic heterocycles. The fourth-order valence-corrected chi connectivity index (χ4v) is 10.2. The Morgan fingerprint density at radius 2 is 0.603 bits per heavy atom. The molecule has 0 aliphatic heterocycles. The summed E-state index contributed by atoms with van der Waals surface area (Å²) >= 11 is 0. The van der Waals surface area contributed by atoms with Gasteiger partial charge < -0.3 is 9.13 Å². The van der Waals surface area contributed by atoms with Crippen LogP contribution in [0.2, 0.25) is 0 Å². The lowest BCUT2D eigenvalue weighted by molar-refractivity contribution is 1.18. The molecular weight excluding hydrogens is 825 g/mol. The third kappa shape index (κ3) is 6.01.